The lowest BCUT2D eigenvalue weighted by Crippen LogP contribution is -2.40. The van der Waals surface area contributed by atoms with Crippen LogP contribution in [0.4, 0.5) is 0 Å². The van der Waals surface area contributed by atoms with E-state index < -0.39 is 5.91 Å². The van der Waals surface area contributed by atoms with E-state index in [1.165, 1.54) is 6.08 Å². The minimum Gasteiger partial charge on any atom is -0.268 e. The first kappa shape index (κ1) is 15.0. The predicted molar refractivity (Wildman–Crippen MR) is 85.2 cm³/mol. The van der Waals surface area contributed by atoms with E-state index >= 15 is 0 Å². The van der Waals surface area contributed by atoms with E-state index in [1.807, 2.05) is 36.4 Å². The summed E-state index contributed by atoms with van der Waals surface area (Å²) in [5.74, 6) is -0.778. The van der Waals surface area contributed by atoms with Crippen molar-refractivity contribution in [3.63, 3.8) is 0 Å². The zero-order chi connectivity index (χ0) is 15.1. The van der Waals surface area contributed by atoms with Crippen molar-refractivity contribution in [3.8, 4) is 0 Å². The Bertz CT molecular complexity index is 669. The monoisotopic (exact) mass is 344 g/mol. The number of carbonyl (C=O) groups excluding carboxylic acids is 2. The second kappa shape index (κ2) is 7.40. The second-order valence-corrected chi connectivity index (χ2v) is 5.11. The highest BCUT2D eigenvalue weighted by Crippen LogP contribution is 2.11. The first-order valence-corrected chi connectivity index (χ1v) is 7.03. The smallest absolute Gasteiger partial charge is 0.268 e. The SMILES string of the molecule is O=C(/C=C/c1ccccc1)NNC(=O)c1cccc(Br)c1. The van der Waals surface area contributed by atoms with Gasteiger partial charge in [0.1, 0.15) is 0 Å². The first-order chi connectivity index (χ1) is 10.1. The van der Waals surface area contributed by atoms with Gasteiger partial charge < -0.3 is 0 Å². The molecule has 4 nitrogen and oxygen atoms in total. The van der Waals surface area contributed by atoms with E-state index in [0.29, 0.717) is 5.56 Å². The Labute approximate surface area is 131 Å². The fraction of sp³-hybridized carbons (Fsp3) is 0. The van der Waals surface area contributed by atoms with Crippen molar-refractivity contribution in [3.05, 3.63) is 76.3 Å². The van der Waals surface area contributed by atoms with Crippen molar-refractivity contribution in [2.75, 3.05) is 0 Å². The number of amides is 2. The third-order valence-corrected chi connectivity index (χ3v) is 3.11. The highest BCUT2D eigenvalue weighted by molar-refractivity contribution is 9.10. The van der Waals surface area contributed by atoms with Gasteiger partial charge in [-0.1, -0.05) is 52.3 Å². The van der Waals surface area contributed by atoms with Crippen LogP contribution in [0.5, 0.6) is 0 Å². The molecule has 0 bridgehead atoms. The highest BCUT2D eigenvalue weighted by atomic mass is 79.9. The summed E-state index contributed by atoms with van der Waals surface area (Å²) in [6.07, 6.45) is 3.02. The van der Waals surface area contributed by atoms with Crippen molar-refractivity contribution in [2.45, 2.75) is 0 Å². The van der Waals surface area contributed by atoms with Crippen LogP contribution in [0.3, 0.4) is 0 Å². The largest absolute Gasteiger partial charge is 0.269 e. The number of carbonyl (C=O) groups is 2. The Hall–Kier alpha value is -2.40. The van der Waals surface area contributed by atoms with E-state index in [2.05, 4.69) is 26.8 Å². The maximum absolute atomic E-state index is 11.8. The second-order valence-electron chi connectivity index (χ2n) is 4.20. The summed E-state index contributed by atoms with van der Waals surface area (Å²) in [6.45, 7) is 0. The highest BCUT2D eigenvalue weighted by Gasteiger charge is 2.05. The maximum atomic E-state index is 11.8. The molecule has 0 aliphatic heterocycles. The molecule has 2 amide bonds. The molecule has 21 heavy (non-hydrogen) atoms. The van der Waals surface area contributed by atoms with Crippen LogP contribution in [-0.2, 0) is 4.79 Å². The van der Waals surface area contributed by atoms with E-state index in [1.54, 1.807) is 24.3 Å². The number of hydrazine groups is 1. The number of benzene rings is 2. The number of rotatable bonds is 3. The summed E-state index contributed by atoms with van der Waals surface area (Å²) in [4.78, 5) is 23.4. The third-order valence-electron chi connectivity index (χ3n) is 2.61. The fourth-order valence-electron chi connectivity index (χ4n) is 1.60. The summed E-state index contributed by atoms with van der Waals surface area (Å²) < 4.78 is 0.797. The molecule has 0 unspecified atom stereocenters. The minimum absolute atomic E-state index is 0.377. The molecule has 0 atom stereocenters. The lowest BCUT2D eigenvalue weighted by molar-refractivity contribution is -0.117. The molecule has 0 heterocycles. The first-order valence-electron chi connectivity index (χ1n) is 6.24. The molecular weight excluding hydrogens is 332 g/mol. The molecule has 0 aromatic heterocycles. The van der Waals surface area contributed by atoms with E-state index in [9.17, 15) is 9.59 Å². The molecule has 0 saturated carbocycles. The van der Waals surface area contributed by atoms with Crippen LogP contribution < -0.4 is 10.9 Å². The van der Waals surface area contributed by atoms with Gasteiger partial charge in [-0.15, -0.1) is 0 Å². The van der Waals surface area contributed by atoms with Crippen LogP contribution in [0.25, 0.3) is 6.08 Å². The average molecular weight is 345 g/mol. The summed E-state index contributed by atoms with van der Waals surface area (Å²) in [5.41, 5.74) is 6.05. The molecule has 2 N–H and O–H groups in total. The Balaban J connectivity index is 1.87. The van der Waals surface area contributed by atoms with Gasteiger partial charge in [-0.2, -0.15) is 0 Å². The molecule has 0 spiro atoms. The minimum atomic E-state index is -0.401. The summed E-state index contributed by atoms with van der Waals surface area (Å²) in [5, 5.41) is 0. The van der Waals surface area contributed by atoms with Gasteiger partial charge in [0.25, 0.3) is 11.8 Å². The van der Waals surface area contributed by atoms with Crippen LogP contribution in [0.2, 0.25) is 0 Å². The summed E-state index contributed by atoms with van der Waals surface area (Å²) >= 11 is 3.28. The third kappa shape index (κ3) is 4.89. The fourth-order valence-corrected chi connectivity index (χ4v) is 2.00. The van der Waals surface area contributed by atoms with E-state index in [0.717, 1.165) is 10.0 Å². The van der Waals surface area contributed by atoms with Crippen LogP contribution >= 0.6 is 15.9 Å². The van der Waals surface area contributed by atoms with Crippen molar-refractivity contribution < 1.29 is 9.59 Å². The molecule has 0 fully saturated rings. The predicted octanol–water partition coefficient (Wildman–Crippen LogP) is 2.92. The van der Waals surface area contributed by atoms with Gasteiger partial charge in [0, 0.05) is 16.1 Å². The zero-order valence-corrected chi connectivity index (χ0v) is 12.6. The molecule has 106 valence electrons. The quantitative estimate of drug-likeness (QED) is 0.664. The lowest BCUT2D eigenvalue weighted by Gasteiger charge is -2.05. The number of hydrogen-bond donors (Lipinski definition) is 2. The van der Waals surface area contributed by atoms with Gasteiger partial charge in [-0.05, 0) is 29.8 Å². The van der Waals surface area contributed by atoms with Crippen molar-refractivity contribution in [1.29, 1.82) is 0 Å². The lowest BCUT2D eigenvalue weighted by atomic mass is 10.2. The standard InChI is InChI=1S/C16H13BrN2O2/c17-14-8-4-7-13(11-14)16(21)19-18-15(20)10-9-12-5-2-1-3-6-12/h1-11H,(H,18,20)(H,19,21)/b10-9+. The average Bonchev–Trinajstić information content (AvgIpc) is 2.51. The van der Waals surface area contributed by atoms with Crippen LogP contribution in [-0.4, -0.2) is 11.8 Å². The number of halogens is 1. The van der Waals surface area contributed by atoms with Crippen molar-refractivity contribution in [1.82, 2.24) is 10.9 Å². The molecular formula is C16H13BrN2O2. The molecule has 0 saturated heterocycles. The molecule has 0 aliphatic carbocycles. The Morgan fingerprint density at radius 3 is 2.43 bits per heavy atom. The van der Waals surface area contributed by atoms with Gasteiger partial charge in [-0.3, -0.25) is 20.4 Å². The van der Waals surface area contributed by atoms with Gasteiger partial charge >= 0.3 is 0 Å². The molecule has 0 radical (unpaired) electrons. The number of hydrogen-bond acceptors (Lipinski definition) is 2. The van der Waals surface area contributed by atoms with Crippen LogP contribution in [0, 0.1) is 0 Å². The van der Waals surface area contributed by atoms with Crippen molar-refractivity contribution >= 4 is 33.8 Å². The maximum Gasteiger partial charge on any atom is 0.269 e. The van der Waals surface area contributed by atoms with Crippen LogP contribution in [0.15, 0.2) is 65.1 Å². The van der Waals surface area contributed by atoms with Gasteiger partial charge in [0.05, 0.1) is 0 Å². The normalized spacial score (nSPS) is 10.3. The van der Waals surface area contributed by atoms with Crippen LogP contribution in [0.1, 0.15) is 15.9 Å². The molecule has 2 rings (SSSR count). The summed E-state index contributed by atoms with van der Waals surface area (Å²) in [6, 6.07) is 16.3. The van der Waals surface area contributed by atoms with Gasteiger partial charge in [0.15, 0.2) is 0 Å². The summed E-state index contributed by atoms with van der Waals surface area (Å²) in [7, 11) is 0. The molecule has 0 aliphatic rings. The molecule has 5 heteroatoms. The zero-order valence-electron chi connectivity index (χ0n) is 11.0. The Kier molecular flexibility index (Phi) is 5.29. The van der Waals surface area contributed by atoms with Gasteiger partial charge in [0.2, 0.25) is 0 Å². The topological polar surface area (TPSA) is 58.2 Å². The van der Waals surface area contributed by atoms with E-state index in [4.69, 9.17) is 0 Å². The van der Waals surface area contributed by atoms with Gasteiger partial charge in [-0.25, -0.2) is 0 Å². The molecule has 2 aromatic carbocycles. The number of nitrogens with one attached hydrogen (secondary N) is 2. The van der Waals surface area contributed by atoms with E-state index in [-0.39, 0.29) is 5.91 Å². The Morgan fingerprint density at radius 1 is 0.952 bits per heavy atom. The van der Waals surface area contributed by atoms with Crippen molar-refractivity contribution in [2.24, 2.45) is 0 Å². The Morgan fingerprint density at radius 2 is 1.71 bits per heavy atom. The molecule has 2 aromatic rings.